The van der Waals surface area contributed by atoms with E-state index in [4.69, 9.17) is 0 Å². The van der Waals surface area contributed by atoms with Crippen LogP contribution in [0.5, 0.6) is 0 Å². The fourth-order valence-electron chi connectivity index (χ4n) is 2.32. The smallest absolute Gasteiger partial charge is 0.337 e. The number of aromatic nitrogens is 4. The third-order valence-corrected chi connectivity index (χ3v) is 4.42. The van der Waals surface area contributed by atoms with Crippen LogP contribution < -0.4 is 10.6 Å². The summed E-state index contributed by atoms with van der Waals surface area (Å²) in [4.78, 5) is 16.9. The predicted molar refractivity (Wildman–Crippen MR) is 97.5 cm³/mol. The van der Waals surface area contributed by atoms with Crippen molar-refractivity contribution in [3.8, 4) is 0 Å². The minimum Gasteiger partial charge on any atom is -0.337 e. The first kappa shape index (κ1) is 17.2. The third-order valence-electron chi connectivity index (χ3n) is 3.54. The average molecular weight is 388 g/mol. The Morgan fingerprint density at radius 3 is 2.37 bits per heavy atom. The van der Waals surface area contributed by atoms with Crippen molar-refractivity contribution in [2.24, 2.45) is 0 Å². The second kappa shape index (κ2) is 6.80. The van der Waals surface area contributed by atoms with Crippen LogP contribution >= 0.6 is 11.3 Å². The van der Waals surface area contributed by atoms with Crippen LogP contribution in [0.15, 0.2) is 55.0 Å². The van der Waals surface area contributed by atoms with Crippen molar-refractivity contribution in [2.75, 3.05) is 10.6 Å². The molecule has 0 saturated heterocycles. The first-order valence-corrected chi connectivity index (χ1v) is 8.54. The largest absolute Gasteiger partial charge is 0.433 e. The molecule has 0 atom stereocenters. The van der Waals surface area contributed by atoms with Gasteiger partial charge in [-0.3, -0.25) is 0 Å². The van der Waals surface area contributed by atoms with E-state index in [0.717, 1.165) is 18.0 Å². The molecule has 3 aromatic heterocycles. The van der Waals surface area contributed by atoms with Crippen LogP contribution in [-0.2, 0) is 6.18 Å². The minimum atomic E-state index is -4.48. The zero-order valence-corrected chi connectivity index (χ0v) is 14.3. The summed E-state index contributed by atoms with van der Waals surface area (Å²) in [5.74, 6) is 0.388. The van der Waals surface area contributed by atoms with E-state index >= 15 is 0 Å². The molecule has 0 aliphatic heterocycles. The number of benzene rings is 1. The molecule has 0 spiro atoms. The number of nitrogens with one attached hydrogen (secondary N) is 2. The highest BCUT2D eigenvalue weighted by atomic mass is 32.1. The first-order valence-electron chi connectivity index (χ1n) is 7.73. The van der Waals surface area contributed by atoms with Crippen LogP contribution in [0.4, 0.5) is 35.5 Å². The van der Waals surface area contributed by atoms with Crippen LogP contribution in [0.2, 0.25) is 0 Å². The van der Waals surface area contributed by atoms with Crippen LogP contribution in [0, 0.1) is 0 Å². The molecule has 3 heterocycles. The summed E-state index contributed by atoms with van der Waals surface area (Å²) < 4.78 is 37.9. The molecule has 0 amide bonds. The molecule has 27 heavy (non-hydrogen) atoms. The van der Waals surface area contributed by atoms with E-state index in [1.807, 2.05) is 30.3 Å². The Kier molecular flexibility index (Phi) is 4.32. The highest BCUT2D eigenvalue weighted by Crippen LogP contribution is 2.32. The summed E-state index contributed by atoms with van der Waals surface area (Å²) in [5, 5.41) is 6.75. The lowest BCUT2D eigenvalue weighted by molar-refractivity contribution is -0.141. The molecule has 0 aliphatic rings. The van der Waals surface area contributed by atoms with Crippen molar-refractivity contribution < 1.29 is 13.2 Å². The normalized spacial score (nSPS) is 11.5. The molecular formula is C17H11F3N6S. The molecule has 2 N–H and O–H groups in total. The van der Waals surface area contributed by atoms with Gasteiger partial charge in [0.25, 0.3) is 0 Å². The van der Waals surface area contributed by atoms with Crippen LogP contribution in [0.1, 0.15) is 5.69 Å². The van der Waals surface area contributed by atoms with Gasteiger partial charge in [-0.15, -0.1) is 0 Å². The Hall–Kier alpha value is -3.27. The second-order valence-corrected chi connectivity index (χ2v) is 6.42. The average Bonchev–Trinajstić information content (AvgIpc) is 3.06. The van der Waals surface area contributed by atoms with E-state index in [-0.39, 0.29) is 0 Å². The van der Waals surface area contributed by atoms with Gasteiger partial charge in [0, 0.05) is 5.69 Å². The Morgan fingerprint density at radius 1 is 0.852 bits per heavy atom. The van der Waals surface area contributed by atoms with Gasteiger partial charge in [-0.25, -0.2) is 19.9 Å². The zero-order valence-electron chi connectivity index (χ0n) is 13.5. The number of nitrogens with zero attached hydrogens (tertiary/aromatic N) is 4. The summed E-state index contributed by atoms with van der Waals surface area (Å²) in [7, 11) is 0. The topological polar surface area (TPSA) is 75.6 Å². The first-order chi connectivity index (χ1) is 13.0. The lowest BCUT2D eigenvalue weighted by atomic mass is 10.3. The van der Waals surface area contributed by atoms with E-state index < -0.39 is 11.9 Å². The molecule has 0 radical (unpaired) electrons. The van der Waals surface area contributed by atoms with Gasteiger partial charge in [0.1, 0.15) is 17.5 Å². The second-order valence-electron chi connectivity index (χ2n) is 5.44. The number of halogens is 3. The Morgan fingerprint density at radius 2 is 1.67 bits per heavy atom. The van der Waals surface area contributed by atoms with E-state index in [1.54, 1.807) is 0 Å². The molecule has 4 aromatic rings. The van der Waals surface area contributed by atoms with Crippen LogP contribution in [-0.4, -0.2) is 19.9 Å². The van der Waals surface area contributed by atoms with Gasteiger partial charge in [-0.1, -0.05) is 29.5 Å². The molecule has 0 saturated carbocycles. The fourth-order valence-corrected chi connectivity index (χ4v) is 3.14. The number of rotatable bonds is 4. The summed E-state index contributed by atoms with van der Waals surface area (Å²) in [6, 6.07) is 11.7. The number of alkyl halides is 3. The Balaban J connectivity index is 1.60. The maximum absolute atomic E-state index is 12.6. The number of fused-ring (bicyclic) bond motifs is 1. The van der Waals surface area contributed by atoms with Gasteiger partial charge < -0.3 is 10.6 Å². The number of pyridine rings is 1. The molecule has 4 rings (SSSR count). The molecule has 1 aromatic carbocycles. The van der Waals surface area contributed by atoms with Crippen molar-refractivity contribution >= 4 is 44.0 Å². The van der Waals surface area contributed by atoms with Crippen molar-refractivity contribution in [3.63, 3.8) is 0 Å². The van der Waals surface area contributed by atoms with Gasteiger partial charge >= 0.3 is 6.18 Å². The summed E-state index contributed by atoms with van der Waals surface area (Å²) in [6.07, 6.45) is -2.01. The van der Waals surface area contributed by atoms with Gasteiger partial charge in [0.05, 0.1) is 11.9 Å². The molecule has 0 bridgehead atoms. The maximum Gasteiger partial charge on any atom is 0.433 e. The van der Waals surface area contributed by atoms with Crippen LogP contribution in [0.3, 0.4) is 0 Å². The maximum atomic E-state index is 12.6. The molecule has 0 fully saturated rings. The van der Waals surface area contributed by atoms with Crippen LogP contribution in [0.25, 0.3) is 10.3 Å². The lowest BCUT2D eigenvalue weighted by Crippen LogP contribution is -2.07. The number of hydrogen-bond donors (Lipinski definition) is 2. The Bertz CT molecular complexity index is 1060. The van der Waals surface area contributed by atoms with E-state index in [2.05, 4.69) is 30.6 Å². The van der Waals surface area contributed by atoms with Crippen molar-refractivity contribution in [1.29, 1.82) is 0 Å². The van der Waals surface area contributed by atoms with E-state index in [9.17, 15) is 13.2 Å². The number of hydrogen-bond acceptors (Lipinski definition) is 7. The lowest BCUT2D eigenvalue weighted by Gasteiger charge is -2.08. The molecule has 6 nitrogen and oxygen atoms in total. The van der Waals surface area contributed by atoms with Crippen molar-refractivity contribution in [2.45, 2.75) is 6.18 Å². The monoisotopic (exact) mass is 388 g/mol. The van der Waals surface area contributed by atoms with Gasteiger partial charge in [-0.2, -0.15) is 13.2 Å². The van der Waals surface area contributed by atoms with E-state index in [0.29, 0.717) is 27.0 Å². The highest BCUT2D eigenvalue weighted by Gasteiger charge is 2.32. The minimum absolute atomic E-state index is 0.369. The highest BCUT2D eigenvalue weighted by molar-refractivity contribution is 7.21. The number of para-hydroxylation sites is 1. The quantitative estimate of drug-likeness (QED) is 0.513. The summed E-state index contributed by atoms with van der Waals surface area (Å²) >= 11 is 1.34. The molecule has 0 unspecified atom stereocenters. The van der Waals surface area contributed by atoms with Gasteiger partial charge in [0.2, 0.25) is 0 Å². The summed E-state index contributed by atoms with van der Waals surface area (Å²) in [6.45, 7) is 0. The van der Waals surface area contributed by atoms with E-state index in [1.165, 1.54) is 23.7 Å². The third kappa shape index (κ3) is 3.80. The zero-order chi connectivity index (χ0) is 18.9. The Labute approximate surface area is 155 Å². The van der Waals surface area contributed by atoms with Gasteiger partial charge in [-0.05, 0) is 24.3 Å². The SMILES string of the molecule is FC(F)(F)c1ccc(Nc2ncnc3sc(Nc4ccccc4)nc23)cn1. The number of anilines is 4. The summed E-state index contributed by atoms with van der Waals surface area (Å²) in [5.41, 5.74) is 0.809. The fraction of sp³-hybridized carbons (Fsp3) is 0.0588. The number of thiazole rings is 1. The molecular weight excluding hydrogens is 377 g/mol. The standard InChI is InChI=1S/C17H11F3N6S/c18-17(19,20)12-7-6-11(8-21-12)24-14-13-15(23-9-22-14)27-16(26-13)25-10-4-2-1-3-5-10/h1-9H,(H,25,26)(H,22,23,24). The molecule has 0 aliphatic carbocycles. The molecule has 136 valence electrons. The van der Waals surface area contributed by atoms with Crippen molar-refractivity contribution in [1.82, 2.24) is 19.9 Å². The van der Waals surface area contributed by atoms with Gasteiger partial charge in [0.15, 0.2) is 15.8 Å². The van der Waals surface area contributed by atoms with Crippen molar-refractivity contribution in [3.05, 3.63) is 60.7 Å². The predicted octanol–water partition coefficient (Wildman–Crippen LogP) is 4.99. The molecule has 10 heteroatoms.